The van der Waals surface area contributed by atoms with Crippen LogP contribution in [0.4, 0.5) is 13.2 Å². The smallest absolute Gasteiger partial charge is 0.441 e. The second kappa shape index (κ2) is 6.84. The Balaban J connectivity index is 2.83. The van der Waals surface area contributed by atoms with Crippen LogP contribution in [0.5, 0.6) is 0 Å². The molecule has 21 heavy (non-hydrogen) atoms. The van der Waals surface area contributed by atoms with Crippen LogP contribution in [-0.2, 0) is 0 Å². The number of hydrogen-bond acceptors (Lipinski definition) is 3. The van der Waals surface area contributed by atoms with Gasteiger partial charge in [0.1, 0.15) is 0 Å². The fourth-order valence-corrected chi connectivity index (χ4v) is 2.23. The Hall–Kier alpha value is -1.70. The highest BCUT2D eigenvalue weighted by atomic mass is 32.2. The van der Waals surface area contributed by atoms with Gasteiger partial charge in [-0.3, -0.25) is 4.79 Å². The van der Waals surface area contributed by atoms with Crippen molar-refractivity contribution in [2.45, 2.75) is 19.4 Å². The van der Waals surface area contributed by atoms with Crippen molar-refractivity contribution in [2.24, 2.45) is 0 Å². The molecule has 0 saturated heterocycles. The summed E-state index contributed by atoms with van der Waals surface area (Å²) in [6.07, 6.45) is 0. The van der Waals surface area contributed by atoms with Crippen molar-refractivity contribution >= 4 is 23.6 Å². The first-order chi connectivity index (χ1) is 9.63. The molecule has 4 nitrogen and oxygen atoms in total. The summed E-state index contributed by atoms with van der Waals surface area (Å²) in [5.74, 6) is -2.26. The van der Waals surface area contributed by atoms with Crippen molar-refractivity contribution < 1.29 is 27.9 Å². The molecule has 0 radical (unpaired) electrons. The van der Waals surface area contributed by atoms with E-state index in [-0.39, 0.29) is 35.2 Å². The van der Waals surface area contributed by atoms with Gasteiger partial charge in [0.05, 0.1) is 11.1 Å². The maximum absolute atomic E-state index is 12.0. The van der Waals surface area contributed by atoms with E-state index in [9.17, 15) is 22.8 Å². The van der Waals surface area contributed by atoms with Crippen molar-refractivity contribution in [3.8, 4) is 0 Å². The third-order valence-corrected chi connectivity index (χ3v) is 3.45. The number of amides is 1. The molecule has 1 amide bonds. The Morgan fingerprint density at radius 1 is 1.19 bits per heavy atom. The lowest BCUT2D eigenvalue weighted by Gasteiger charge is -2.13. The summed E-state index contributed by atoms with van der Waals surface area (Å²) in [4.78, 5) is 23.2. The van der Waals surface area contributed by atoms with Crippen molar-refractivity contribution in [3.05, 3.63) is 34.4 Å². The van der Waals surface area contributed by atoms with E-state index in [1.807, 2.05) is 0 Å². The van der Waals surface area contributed by atoms with Crippen LogP contribution in [0.25, 0.3) is 0 Å². The number of alkyl halides is 3. The van der Waals surface area contributed by atoms with E-state index in [1.54, 1.807) is 26.0 Å². The molecule has 116 valence electrons. The molecule has 1 aromatic rings. The number of halogens is 3. The summed E-state index contributed by atoms with van der Waals surface area (Å²) in [7, 11) is 0. The maximum atomic E-state index is 12.0. The van der Waals surface area contributed by atoms with Gasteiger partial charge in [-0.15, -0.1) is 0 Å². The normalized spacial score (nSPS) is 11.3. The lowest BCUT2D eigenvalue weighted by Crippen LogP contribution is -2.29. The van der Waals surface area contributed by atoms with Crippen molar-refractivity contribution in [3.63, 3.8) is 0 Å². The second-order valence-corrected chi connectivity index (χ2v) is 5.46. The van der Waals surface area contributed by atoms with E-state index in [0.717, 1.165) is 0 Å². The van der Waals surface area contributed by atoms with Crippen LogP contribution in [0.2, 0.25) is 0 Å². The van der Waals surface area contributed by atoms with Gasteiger partial charge in [0.2, 0.25) is 0 Å². The molecule has 0 fully saturated rings. The third kappa shape index (κ3) is 4.96. The van der Waals surface area contributed by atoms with Crippen molar-refractivity contribution in [1.82, 2.24) is 5.32 Å². The Labute approximate surface area is 123 Å². The fraction of sp³-hybridized carbons (Fsp3) is 0.385. The van der Waals surface area contributed by atoms with Crippen LogP contribution in [0.1, 0.15) is 31.8 Å². The van der Waals surface area contributed by atoms with Crippen molar-refractivity contribution in [1.29, 1.82) is 0 Å². The van der Waals surface area contributed by atoms with Gasteiger partial charge < -0.3 is 10.4 Å². The number of carbonyl (C=O) groups is 2. The molecule has 8 heteroatoms. The van der Waals surface area contributed by atoms with Crippen LogP contribution < -0.4 is 5.32 Å². The molecule has 0 heterocycles. The van der Waals surface area contributed by atoms with E-state index in [2.05, 4.69) is 5.32 Å². The monoisotopic (exact) mass is 321 g/mol. The van der Waals surface area contributed by atoms with Gasteiger partial charge in [-0.2, -0.15) is 13.2 Å². The second-order valence-electron chi connectivity index (χ2n) is 4.30. The molecular weight excluding hydrogens is 307 g/mol. The Morgan fingerprint density at radius 2 is 1.71 bits per heavy atom. The molecule has 0 aliphatic carbocycles. The van der Waals surface area contributed by atoms with Crippen LogP contribution >= 0.6 is 11.8 Å². The summed E-state index contributed by atoms with van der Waals surface area (Å²) in [5, 5.41) is 11.5. The standard InChI is InChI=1S/C13H14F3NO3S/c1-7-3-4-8(2)10(12(19)20)9(7)11(18)17-5-6-21-13(14,15)16/h3-4H,5-6H2,1-2H3,(H,17,18)(H,19,20). The highest BCUT2D eigenvalue weighted by Crippen LogP contribution is 2.29. The minimum Gasteiger partial charge on any atom is -0.478 e. The number of rotatable bonds is 5. The molecule has 0 aromatic heterocycles. The number of carboxylic acid groups (broad SMARTS) is 1. The zero-order valence-electron chi connectivity index (χ0n) is 11.4. The summed E-state index contributed by atoms with van der Waals surface area (Å²) in [5.41, 5.74) is -3.62. The van der Waals surface area contributed by atoms with Gasteiger partial charge in [0.25, 0.3) is 5.91 Å². The minimum atomic E-state index is -4.35. The van der Waals surface area contributed by atoms with E-state index in [0.29, 0.717) is 11.1 Å². The quantitative estimate of drug-likeness (QED) is 0.818. The highest BCUT2D eigenvalue weighted by Gasteiger charge is 2.27. The van der Waals surface area contributed by atoms with Gasteiger partial charge in [-0.05, 0) is 36.7 Å². The summed E-state index contributed by atoms with van der Waals surface area (Å²) in [6, 6.07) is 3.18. The third-order valence-electron chi connectivity index (χ3n) is 2.72. The molecule has 1 aromatic carbocycles. The van der Waals surface area contributed by atoms with Gasteiger partial charge in [0, 0.05) is 12.3 Å². The van der Waals surface area contributed by atoms with Crippen molar-refractivity contribution in [2.75, 3.05) is 12.3 Å². The number of aromatic carboxylic acids is 1. The van der Waals surface area contributed by atoms with Gasteiger partial charge >= 0.3 is 11.5 Å². The highest BCUT2D eigenvalue weighted by molar-refractivity contribution is 8.00. The topological polar surface area (TPSA) is 66.4 Å². The van der Waals surface area contributed by atoms with Crippen LogP contribution in [0.15, 0.2) is 12.1 Å². The first-order valence-corrected chi connectivity index (χ1v) is 6.94. The SMILES string of the molecule is Cc1ccc(C)c(C(=O)NCCSC(F)(F)F)c1C(=O)O. The largest absolute Gasteiger partial charge is 0.478 e. The molecule has 0 bridgehead atoms. The molecule has 0 aliphatic rings. The van der Waals surface area contributed by atoms with Crippen LogP contribution in [-0.4, -0.2) is 34.8 Å². The van der Waals surface area contributed by atoms with Gasteiger partial charge in [-0.1, -0.05) is 12.1 Å². The summed E-state index contributed by atoms with van der Waals surface area (Å²) >= 11 is -0.242. The lowest BCUT2D eigenvalue weighted by molar-refractivity contribution is -0.0327. The first-order valence-electron chi connectivity index (χ1n) is 5.96. The summed E-state index contributed by atoms with van der Waals surface area (Å²) in [6.45, 7) is 2.93. The summed E-state index contributed by atoms with van der Waals surface area (Å²) < 4.78 is 35.9. The van der Waals surface area contributed by atoms with Crippen LogP contribution in [0, 0.1) is 13.8 Å². The maximum Gasteiger partial charge on any atom is 0.441 e. The molecule has 0 atom stereocenters. The average Bonchev–Trinajstić information content (AvgIpc) is 2.35. The van der Waals surface area contributed by atoms with E-state index >= 15 is 0 Å². The molecule has 0 unspecified atom stereocenters. The average molecular weight is 321 g/mol. The zero-order valence-corrected chi connectivity index (χ0v) is 12.2. The number of carboxylic acids is 1. The van der Waals surface area contributed by atoms with Gasteiger partial charge in [-0.25, -0.2) is 4.79 Å². The number of thioether (sulfide) groups is 1. The number of nitrogens with one attached hydrogen (secondary N) is 1. The first kappa shape index (κ1) is 17.4. The van der Waals surface area contributed by atoms with Crippen LogP contribution in [0.3, 0.4) is 0 Å². The Morgan fingerprint density at radius 3 is 2.19 bits per heavy atom. The number of benzene rings is 1. The van der Waals surface area contributed by atoms with E-state index in [4.69, 9.17) is 5.11 Å². The van der Waals surface area contributed by atoms with Gasteiger partial charge in [0.15, 0.2) is 0 Å². The molecule has 0 spiro atoms. The predicted octanol–water partition coefficient (Wildman–Crippen LogP) is 2.98. The lowest BCUT2D eigenvalue weighted by atomic mass is 9.96. The molecular formula is C13H14F3NO3S. The minimum absolute atomic E-state index is 0.0143. The number of aryl methyl sites for hydroxylation is 2. The zero-order chi connectivity index (χ0) is 16.2. The molecule has 0 saturated carbocycles. The molecule has 2 N–H and O–H groups in total. The fourth-order valence-electron chi connectivity index (χ4n) is 1.80. The Bertz CT molecular complexity index is 558. The predicted molar refractivity (Wildman–Crippen MR) is 73.7 cm³/mol. The molecule has 1 rings (SSSR count). The molecule has 0 aliphatic heterocycles. The van der Waals surface area contributed by atoms with E-state index < -0.39 is 17.4 Å². The number of hydrogen-bond donors (Lipinski definition) is 2. The Kier molecular flexibility index (Phi) is 5.65. The number of carbonyl (C=O) groups excluding carboxylic acids is 1. The van der Waals surface area contributed by atoms with E-state index in [1.165, 1.54) is 0 Å².